The molecule has 0 aliphatic heterocycles. The van der Waals surface area contributed by atoms with Crippen molar-refractivity contribution in [2.45, 2.75) is 51.2 Å². The minimum atomic E-state index is -0.431. The summed E-state index contributed by atoms with van der Waals surface area (Å²) in [6.45, 7) is 3.98. The Kier molecular flexibility index (Phi) is 5.38. The molecule has 1 amide bonds. The standard InChI is InChI=1S/C21H28N6O3/c1-21(2,9-10-28)30-16-7-5-15(6-8-16)27-19-17(26-27)12-23-20(25-19)24-14-4-3-13(11-14)18(22)29/h5-8,12-14,26,28H,3-4,9-11H2,1-2H3,(H2,22,29)(H,23,24,25). The number of nitrogens with two attached hydrogens (primary N) is 1. The summed E-state index contributed by atoms with van der Waals surface area (Å²) in [7, 11) is 0. The molecule has 160 valence electrons. The molecular weight excluding hydrogens is 384 g/mol. The highest BCUT2D eigenvalue weighted by Crippen LogP contribution is 2.28. The number of hydrogen-bond donors (Lipinski definition) is 4. The fourth-order valence-electron chi connectivity index (χ4n) is 3.86. The number of aromatic amines is 1. The number of fused-ring (bicyclic) bond motifs is 1. The van der Waals surface area contributed by atoms with E-state index in [1.807, 2.05) is 42.8 Å². The van der Waals surface area contributed by atoms with E-state index >= 15 is 0 Å². The number of rotatable bonds is 8. The van der Waals surface area contributed by atoms with Crippen LogP contribution in [0.4, 0.5) is 5.95 Å². The van der Waals surface area contributed by atoms with Gasteiger partial charge in [0.05, 0.1) is 11.9 Å². The molecule has 2 atom stereocenters. The highest BCUT2D eigenvalue weighted by molar-refractivity contribution is 5.77. The van der Waals surface area contributed by atoms with E-state index in [1.54, 1.807) is 6.20 Å². The van der Waals surface area contributed by atoms with Crippen molar-refractivity contribution in [2.24, 2.45) is 11.7 Å². The maximum Gasteiger partial charge on any atom is 0.225 e. The maximum atomic E-state index is 11.4. The highest BCUT2D eigenvalue weighted by atomic mass is 16.5. The number of primary amides is 1. The van der Waals surface area contributed by atoms with Gasteiger partial charge in [-0.3, -0.25) is 9.89 Å². The van der Waals surface area contributed by atoms with Crippen molar-refractivity contribution in [3.05, 3.63) is 30.5 Å². The van der Waals surface area contributed by atoms with Gasteiger partial charge in [0.25, 0.3) is 0 Å². The van der Waals surface area contributed by atoms with Crippen LogP contribution in [0.15, 0.2) is 30.5 Å². The average Bonchev–Trinajstić information content (AvgIpc) is 3.14. The topological polar surface area (TPSA) is 131 Å². The third-order valence-corrected chi connectivity index (χ3v) is 5.58. The zero-order chi connectivity index (χ0) is 21.3. The molecule has 2 aromatic heterocycles. The summed E-state index contributed by atoms with van der Waals surface area (Å²) in [5.41, 5.74) is 7.55. The lowest BCUT2D eigenvalue weighted by Gasteiger charge is -2.26. The number of nitrogens with zero attached hydrogens (tertiary/aromatic N) is 3. The minimum Gasteiger partial charge on any atom is -0.488 e. The summed E-state index contributed by atoms with van der Waals surface area (Å²) in [6, 6.07) is 7.85. The monoisotopic (exact) mass is 412 g/mol. The van der Waals surface area contributed by atoms with Gasteiger partial charge in [-0.05, 0) is 57.4 Å². The van der Waals surface area contributed by atoms with Crippen LogP contribution in [0.5, 0.6) is 5.75 Å². The van der Waals surface area contributed by atoms with Crippen molar-refractivity contribution in [1.82, 2.24) is 19.7 Å². The Labute approximate surface area is 174 Å². The molecule has 1 aliphatic rings. The number of amides is 1. The molecule has 9 heteroatoms. The third-order valence-electron chi connectivity index (χ3n) is 5.58. The predicted octanol–water partition coefficient (Wildman–Crippen LogP) is 2.35. The van der Waals surface area contributed by atoms with Crippen molar-refractivity contribution in [2.75, 3.05) is 11.9 Å². The number of aromatic nitrogens is 4. The second kappa shape index (κ2) is 7.98. The second-order valence-corrected chi connectivity index (χ2v) is 8.46. The summed E-state index contributed by atoms with van der Waals surface area (Å²) in [4.78, 5) is 20.3. The van der Waals surface area contributed by atoms with E-state index in [0.29, 0.717) is 18.8 Å². The summed E-state index contributed by atoms with van der Waals surface area (Å²) in [5, 5.41) is 15.7. The van der Waals surface area contributed by atoms with E-state index in [0.717, 1.165) is 35.4 Å². The Morgan fingerprint density at radius 1 is 1.37 bits per heavy atom. The van der Waals surface area contributed by atoms with Crippen LogP contribution < -0.4 is 15.8 Å². The molecule has 4 rings (SSSR count). The lowest BCUT2D eigenvalue weighted by Crippen LogP contribution is -2.29. The van der Waals surface area contributed by atoms with Crippen LogP contribution >= 0.6 is 0 Å². The first-order valence-corrected chi connectivity index (χ1v) is 10.2. The first-order valence-electron chi connectivity index (χ1n) is 10.2. The van der Waals surface area contributed by atoms with E-state index in [4.69, 9.17) is 15.6 Å². The second-order valence-electron chi connectivity index (χ2n) is 8.46. The van der Waals surface area contributed by atoms with Gasteiger partial charge in [-0.1, -0.05) is 0 Å². The van der Waals surface area contributed by atoms with Crippen molar-refractivity contribution in [1.29, 1.82) is 0 Å². The number of aliphatic hydroxyl groups excluding tert-OH is 1. The quantitative estimate of drug-likeness (QED) is 0.449. The molecule has 0 radical (unpaired) electrons. The smallest absolute Gasteiger partial charge is 0.225 e. The molecule has 2 unspecified atom stereocenters. The first kappa shape index (κ1) is 20.2. The Morgan fingerprint density at radius 3 is 2.80 bits per heavy atom. The summed E-state index contributed by atoms with van der Waals surface area (Å²) in [5.74, 6) is 0.977. The van der Waals surface area contributed by atoms with Crippen molar-refractivity contribution in [3.8, 4) is 11.4 Å². The molecule has 2 heterocycles. The SMILES string of the molecule is CC(C)(CCO)Oc1ccc(-n2[nH]c3cnc(NC4CCC(C(N)=O)C4)nc32)cc1. The van der Waals surface area contributed by atoms with Gasteiger partial charge in [-0.2, -0.15) is 4.98 Å². The maximum absolute atomic E-state index is 11.4. The summed E-state index contributed by atoms with van der Waals surface area (Å²) in [6.07, 6.45) is 4.70. The molecule has 1 saturated carbocycles. The van der Waals surface area contributed by atoms with Gasteiger partial charge < -0.3 is 20.9 Å². The van der Waals surface area contributed by atoms with Crippen molar-refractivity contribution < 1.29 is 14.6 Å². The predicted molar refractivity (Wildman–Crippen MR) is 114 cm³/mol. The molecule has 1 aliphatic carbocycles. The zero-order valence-electron chi connectivity index (χ0n) is 17.3. The number of carbonyl (C=O) groups excluding carboxylic acids is 1. The number of H-pyrrole nitrogens is 1. The summed E-state index contributed by atoms with van der Waals surface area (Å²) < 4.78 is 7.83. The number of aliphatic hydroxyl groups is 1. The molecule has 0 spiro atoms. The molecule has 3 aromatic rings. The fourth-order valence-corrected chi connectivity index (χ4v) is 3.86. The van der Waals surface area contributed by atoms with Gasteiger partial charge >= 0.3 is 0 Å². The van der Waals surface area contributed by atoms with E-state index in [2.05, 4.69) is 20.4 Å². The van der Waals surface area contributed by atoms with Crippen LogP contribution in [0, 0.1) is 5.92 Å². The van der Waals surface area contributed by atoms with Crippen LogP contribution in [-0.2, 0) is 4.79 Å². The van der Waals surface area contributed by atoms with Crippen molar-refractivity contribution >= 4 is 23.0 Å². The number of benzene rings is 1. The van der Waals surface area contributed by atoms with Gasteiger partial charge in [-0.15, -0.1) is 0 Å². The number of nitrogens with one attached hydrogen (secondary N) is 2. The average molecular weight is 412 g/mol. The van der Waals surface area contributed by atoms with Gasteiger partial charge in [0.15, 0.2) is 5.65 Å². The van der Waals surface area contributed by atoms with Gasteiger partial charge in [0.2, 0.25) is 11.9 Å². The van der Waals surface area contributed by atoms with Crippen LogP contribution in [0.1, 0.15) is 39.5 Å². The zero-order valence-corrected chi connectivity index (χ0v) is 17.3. The summed E-state index contributed by atoms with van der Waals surface area (Å²) >= 11 is 0. The van der Waals surface area contributed by atoms with Crippen molar-refractivity contribution in [3.63, 3.8) is 0 Å². The Hall–Kier alpha value is -3.07. The van der Waals surface area contributed by atoms with Gasteiger partial charge in [-0.25, -0.2) is 9.67 Å². The Bertz CT molecular complexity index is 1020. The van der Waals surface area contributed by atoms with Crippen LogP contribution in [-0.4, -0.2) is 49.0 Å². The van der Waals surface area contributed by atoms with Gasteiger partial charge in [0.1, 0.15) is 16.9 Å². The molecule has 1 aromatic carbocycles. The molecule has 0 saturated heterocycles. The third kappa shape index (κ3) is 4.25. The molecule has 5 N–H and O–H groups in total. The van der Waals surface area contributed by atoms with E-state index in [1.165, 1.54) is 0 Å². The Balaban J connectivity index is 1.46. The molecule has 0 bridgehead atoms. The fraction of sp³-hybridized carbons (Fsp3) is 0.476. The van der Waals surface area contributed by atoms with Crippen LogP contribution in [0.25, 0.3) is 16.9 Å². The lowest BCUT2D eigenvalue weighted by atomic mass is 10.1. The van der Waals surface area contributed by atoms with Gasteiger partial charge in [0, 0.05) is 25.0 Å². The Morgan fingerprint density at radius 2 is 2.13 bits per heavy atom. The molecular formula is C21H28N6O3. The van der Waals surface area contributed by atoms with E-state index in [9.17, 15) is 4.79 Å². The van der Waals surface area contributed by atoms with Crippen LogP contribution in [0.3, 0.4) is 0 Å². The van der Waals surface area contributed by atoms with Crippen LogP contribution in [0.2, 0.25) is 0 Å². The number of ether oxygens (including phenoxy) is 1. The van der Waals surface area contributed by atoms with E-state index < -0.39 is 5.60 Å². The van der Waals surface area contributed by atoms with E-state index in [-0.39, 0.29) is 24.5 Å². The number of hydrogen-bond acceptors (Lipinski definition) is 6. The normalized spacial score (nSPS) is 19.3. The number of anilines is 1. The highest BCUT2D eigenvalue weighted by Gasteiger charge is 2.29. The number of carbonyl (C=O) groups is 1. The molecule has 30 heavy (non-hydrogen) atoms. The first-order chi connectivity index (χ1) is 14.3. The lowest BCUT2D eigenvalue weighted by molar-refractivity contribution is -0.121. The molecule has 1 fully saturated rings. The largest absolute Gasteiger partial charge is 0.488 e. The molecule has 9 nitrogen and oxygen atoms in total. The minimum absolute atomic E-state index is 0.0737.